The molecule has 0 fully saturated rings. The highest BCUT2D eigenvalue weighted by Gasteiger charge is 2.07. The number of rotatable bonds is 2. The molecule has 0 N–H and O–H groups in total. The average Bonchev–Trinajstić information content (AvgIpc) is 2.32. The summed E-state index contributed by atoms with van der Waals surface area (Å²) in [5, 5.41) is 10.5. The summed E-state index contributed by atoms with van der Waals surface area (Å²) in [5.41, 5.74) is 1.58. The Hall–Kier alpha value is -1.50. The number of nitrogens with zero attached hydrogens (tertiary/aromatic N) is 2. The van der Waals surface area contributed by atoms with Crippen molar-refractivity contribution in [2.75, 3.05) is 0 Å². The maximum Gasteiger partial charge on any atom is 0.119 e. The van der Waals surface area contributed by atoms with Crippen molar-refractivity contribution in [3.63, 3.8) is 0 Å². The van der Waals surface area contributed by atoms with Crippen molar-refractivity contribution in [1.29, 1.82) is 5.26 Å². The Balaban J connectivity index is 2.34. The second-order valence-corrected chi connectivity index (χ2v) is 4.97. The van der Waals surface area contributed by atoms with Gasteiger partial charge in [-0.1, -0.05) is 23.4 Å². The van der Waals surface area contributed by atoms with Crippen LogP contribution in [0.3, 0.4) is 0 Å². The smallest absolute Gasteiger partial charge is 0.119 e. The fraction of sp³-hybridized carbons (Fsp3) is 0.0769. The molecule has 0 saturated heterocycles. The first-order valence-electron chi connectivity index (χ1n) is 5.00. The van der Waals surface area contributed by atoms with Gasteiger partial charge in [-0.05, 0) is 42.8 Å². The maximum absolute atomic E-state index is 9.10. The minimum atomic E-state index is 0.632. The van der Waals surface area contributed by atoms with Crippen LogP contribution in [0, 0.1) is 18.3 Å². The lowest BCUT2D eigenvalue weighted by Crippen LogP contribution is -1.89. The van der Waals surface area contributed by atoms with E-state index in [2.05, 4.69) is 11.1 Å². The average molecular weight is 261 g/mol. The Labute approximate surface area is 109 Å². The topological polar surface area (TPSA) is 36.7 Å². The van der Waals surface area contributed by atoms with Crippen molar-refractivity contribution in [2.45, 2.75) is 16.8 Å². The molecule has 0 bridgehead atoms. The van der Waals surface area contributed by atoms with E-state index >= 15 is 0 Å². The summed E-state index contributed by atoms with van der Waals surface area (Å²) < 4.78 is 0. The summed E-state index contributed by atoms with van der Waals surface area (Å²) in [6.07, 6.45) is 1.72. The van der Waals surface area contributed by atoms with Gasteiger partial charge >= 0.3 is 0 Å². The molecule has 1 heterocycles. The molecule has 0 aliphatic rings. The van der Waals surface area contributed by atoms with E-state index in [1.165, 1.54) is 11.8 Å². The third-order valence-electron chi connectivity index (χ3n) is 2.26. The fourth-order valence-corrected chi connectivity index (χ4v) is 2.40. The molecule has 0 aliphatic heterocycles. The van der Waals surface area contributed by atoms with Gasteiger partial charge in [0.15, 0.2) is 0 Å². The highest BCUT2D eigenvalue weighted by Crippen LogP contribution is 2.30. The second-order valence-electron chi connectivity index (χ2n) is 3.48. The van der Waals surface area contributed by atoms with E-state index in [9.17, 15) is 0 Å². The fourth-order valence-electron chi connectivity index (χ4n) is 1.36. The molecule has 0 atom stereocenters. The van der Waals surface area contributed by atoms with E-state index in [0.29, 0.717) is 10.6 Å². The Morgan fingerprint density at radius 2 is 1.94 bits per heavy atom. The summed E-state index contributed by atoms with van der Waals surface area (Å²) >= 11 is 7.29. The summed E-state index contributed by atoms with van der Waals surface area (Å²) in [7, 11) is 0. The van der Waals surface area contributed by atoms with Gasteiger partial charge in [-0.25, -0.2) is 4.98 Å². The SMILES string of the molecule is Cc1ccnc(Sc2ccc(Cl)cc2)c1C#N. The number of halogens is 1. The number of nitriles is 1. The van der Waals surface area contributed by atoms with Crippen LogP contribution < -0.4 is 0 Å². The van der Waals surface area contributed by atoms with Gasteiger partial charge in [-0.2, -0.15) is 5.26 Å². The van der Waals surface area contributed by atoms with Gasteiger partial charge in [0.25, 0.3) is 0 Å². The quantitative estimate of drug-likeness (QED) is 0.817. The van der Waals surface area contributed by atoms with Crippen LogP contribution in [0.4, 0.5) is 0 Å². The minimum Gasteiger partial charge on any atom is -0.248 e. The predicted molar refractivity (Wildman–Crippen MR) is 69.3 cm³/mol. The third kappa shape index (κ3) is 2.79. The van der Waals surface area contributed by atoms with Crippen LogP contribution in [-0.2, 0) is 0 Å². The molecular formula is C13H9ClN2S. The molecule has 84 valence electrons. The molecule has 0 amide bonds. The second kappa shape index (κ2) is 5.22. The molecule has 2 aromatic rings. The van der Waals surface area contributed by atoms with E-state index in [0.717, 1.165) is 15.5 Å². The maximum atomic E-state index is 9.10. The van der Waals surface area contributed by atoms with Crippen molar-refractivity contribution in [1.82, 2.24) is 4.98 Å². The van der Waals surface area contributed by atoms with Crippen molar-refractivity contribution in [3.05, 3.63) is 52.7 Å². The van der Waals surface area contributed by atoms with Crippen LogP contribution in [0.2, 0.25) is 5.02 Å². The minimum absolute atomic E-state index is 0.632. The normalized spacial score (nSPS) is 9.94. The Morgan fingerprint density at radius 1 is 1.24 bits per heavy atom. The van der Waals surface area contributed by atoms with Crippen molar-refractivity contribution in [2.24, 2.45) is 0 Å². The van der Waals surface area contributed by atoms with Crippen LogP contribution in [0.5, 0.6) is 0 Å². The van der Waals surface area contributed by atoms with Crippen molar-refractivity contribution in [3.8, 4) is 6.07 Å². The molecule has 1 aromatic carbocycles. The van der Waals surface area contributed by atoms with Gasteiger partial charge in [0.05, 0.1) is 5.56 Å². The summed E-state index contributed by atoms with van der Waals surface area (Å²) in [5.74, 6) is 0. The molecule has 0 radical (unpaired) electrons. The van der Waals surface area contributed by atoms with Crippen LogP contribution in [-0.4, -0.2) is 4.98 Å². The van der Waals surface area contributed by atoms with E-state index in [1.807, 2.05) is 37.3 Å². The highest BCUT2D eigenvalue weighted by molar-refractivity contribution is 7.99. The van der Waals surface area contributed by atoms with Gasteiger partial charge in [-0.15, -0.1) is 0 Å². The zero-order valence-corrected chi connectivity index (χ0v) is 10.7. The number of benzene rings is 1. The van der Waals surface area contributed by atoms with E-state index in [1.54, 1.807) is 6.20 Å². The monoisotopic (exact) mass is 260 g/mol. The first-order chi connectivity index (χ1) is 8.20. The number of aryl methyl sites for hydroxylation is 1. The van der Waals surface area contributed by atoms with Crippen LogP contribution in [0.15, 0.2) is 46.5 Å². The third-order valence-corrected chi connectivity index (χ3v) is 3.53. The van der Waals surface area contributed by atoms with E-state index in [4.69, 9.17) is 16.9 Å². The predicted octanol–water partition coefficient (Wildman–Crippen LogP) is 4.07. The number of hydrogen-bond acceptors (Lipinski definition) is 3. The molecule has 2 nitrogen and oxygen atoms in total. The Morgan fingerprint density at radius 3 is 2.59 bits per heavy atom. The molecule has 0 unspecified atom stereocenters. The molecule has 0 spiro atoms. The Kier molecular flexibility index (Phi) is 3.68. The van der Waals surface area contributed by atoms with Gasteiger partial charge in [0.1, 0.15) is 11.1 Å². The first kappa shape index (κ1) is 12.0. The highest BCUT2D eigenvalue weighted by atomic mass is 35.5. The Bertz CT molecular complexity index is 573. The lowest BCUT2D eigenvalue weighted by Gasteiger charge is -2.04. The number of hydrogen-bond donors (Lipinski definition) is 0. The first-order valence-corrected chi connectivity index (χ1v) is 6.19. The summed E-state index contributed by atoms with van der Waals surface area (Å²) in [6, 6.07) is 11.5. The lowest BCUT2D eigenvalue weighted by atomic mass is 10.2. The zero-order chi connectivity index (χ0) is 12.3. The van der Waals surface area contributed by atoms with E-state index < -0.39 is 0 Å². The van der Waals surface area contributed by atoms with Crippen molar-refractivity contribution >= 4 is 23.4 Å². The number of pyridine rings is 1. The van der Waals surface area contributed by atoms with Crippen molar-refractivity contribution < 1.29 is 0 Å². The van der Waals surface area contributed by atoms with E-state index in [-0.39, 0.29) is 0 Å². The molecule has 2 rings (SSSR count). The molecular weight excluding hydrogens is 252 g/mol. The molecule has 0 aliphatic carbocycles. The van der Waals surface area contributed by atoms with Gasteiger partial charge < -0.3 is 0 Å². The summed E-state index contributed by atoms with van der Waals surface area (Å²) in [6.45, 7) is 1.91. The molecule has 0 saturated carbocycles. The zero-order valence-electron chi connectivity index (χ0n) is 9.14. The summed E-state index contributed by atoms with van der Waals surface area (Å²) in [4.78, 5) is 5.25. The standard InChI is InChI=1S/C13H9ClN2S/c1-9-6-7-16-13(12(9)8-15)17-11-4-2-10(14)3-5-11/h2-7H,1H3. The number of aromatic nitrogens is 1. The van der Waals surface area contributed by atoms with Crippen LogP contribution in [0.25, 0.3) is 0 Å². The van der Waals surface area contributed by atoms with Gasteiger partial charge in [-0.3, -0.25) is 0 Å². The molecule has 4 heteroatoms. The largest absolute Gasteiger partial charge is 0.248 e. The van der Waals surface area contributed by atoms with Crippen LogP contribution in [0.1, 0.15) is 11.1 Å². The van der Waals surface area contributed by atoms with Gasteiger partial charge in [0, 0.05) is 16.1 Å². The van der Waals surface area contributed by atoms with Gasteiger partial charge in [0.2, 0.25) is 0 Å². The molecule has 17 heavy (non-hydrogen) atoms. The lowest BCUT2D eigenvalue weighted by molar-refractivity contribution is 1.08. The van der Waals surface area contributed by atoms with Crippen LogP contribution >= 0.6 is 23.4 Å². The molecule has 1 aromatic heterocycles.